The number of hydrogen-bond acceptors (Lipinski definition) is 2. The zero-order valence-corrected chi connectivity index (χ0v) is 27.1. The Morgan fingerprint density at radius 2 is 1.06 bits per heavy atom. The maximum Gasteiger partial charge on any atom is 0.0543 e. The first-order valence-corrected chi connectivity index (χ1v) is 17.2. The van der Waals surface area contributed by atoms with Crippen LogP contribution < -0.4 is 4.90 Å². The number of thiophene rings is 1. The maximum atomic E-state index is 2.50. The minimum Gasteiger partial charge on any atom is -0.310 e. The zero-order chi connectivity index (χ0) is 31.3. The minimum atomic E-state index is -0.0797. The number of hydrogen-bond donors (Lipinski definition) is 0. The summed E-state index contributed by atoms with van der Waals surface area (Å²) in [4.78, 5) is 2.50. The van der Waals surface area contributed by atoms with Gasteiger partial charge >= 0.3 is 0 Å². The fraction of sp³-hybridized carbons (Fsp3) is 0.0667. The molecular weight excluding hydrogens is 587 g/mol. The first-order chi connectivity index (χ1) is 23.1. The molecule has 0 spiro atoms. The van der Waals surface area contributed by atoms with Crippen LogP contribution in [-0.2, 0) is 5.41 Å². The van der Waals surface area contributed by atoms with Crippen molar-refractivity contribution in [2.75, 3.05) is 4.90 Å². The van der Waals surface area contributed by atoms with E-state index in [1.807, 2.05) is 11.3 Å². The second-order valence-corrected chi connectivity index (χ2v) is 14.4. The smallest absolute Gasteiger partial charge is 0.0543 e. The lowest BCUT2D eigenvalue weighted by molar-refractivity contribution is 0.660. The van der Waals surface area contributed by atoms with Gasteiger partial charge in [-0.3, -0.25) is 0 Å². The SMILES string of the molecule is CC1(C)c2ccccc2-c2c(N(c3ccc4c(c3)sc3ccccc34)c3ccc4ccc5c6ccccc6ccc5c4c3)cccc21. The summed E-state index contributed by atoms with van der Waals surface area (Å²) in [5, 5.41) is 10.3. The Kier molecular flexibility index (Phi) is 5.57. The van der Waals surface area contributed by atoms with Gasteiger partial charge < -0.3 is 4.90 Å². The monoisotopic (exact) mass is 617 g/mol. The highest BCUT2D eigenvalue weighted by atomic mass is 32.1. The molecule has 1 nitrogen and oxygen atoms in total. The summed E-state index contributed by atoms with van der Waals surface area (Å²) < 4.78 is 2.63. The molecule has 0 amide bonds. The Morgan fingerprint density at radius 3 is 1.96 bits per heavy atom. The molecule has 0 N–H and O–H groups in total. The van der Waals surface area contributed by atoms with E-state index in [4.69, 9.17) is 0 Å². The van der Waals surface area contributed by atoms with Crippen molar-refractivity contribution < 1.29 is 0 Å². The van der Waals surface area contributed by atoms with Gasteiger partial charge in [-0.2, -0.15) is 0 Å². The van der Waals surface area contributed by atoms with Gasteiger partial charge in [-0.15, -0.1) is 11.3 Å². The van der Waals surface area contributed by atoms with Gasteiger partial charge in [0.2, 0.25) is 0 Å². The lowest BCUT2D eigenvalue weighted by atomic mass is 9.82. The summed E-state index contributed by atoms with van der Waals surface area (Å²) in [7, 11) is 0. The highest BCUT2D eigenvalue weighted by Gasteiger charge is 2.37. The number of fused-ring (bicyclic) bond motifs is 11. The van der Waals surface area contributed by atoms with Gasteiger partial charge in [0.05, 0.1) is 5.69 Å². The Hall–Kier alpha value is -5.44. The molecule has 0 saturated carbocycles. The zero-order valence-electron chi connectivity index (χ0n) is 26.3. The normalized spacial score (nSPS) is 13.5. The average molecular weight is 618 g/mol. The van der Waals surface area contributed by atoms with E-state index in [1.54, 1.807) is 0 Å². The fourth-order valence-electron chi connectivity index (χ4n) is 8.15. The number of nitrogens with zero attached hydrogens (tertiary/aromatic N) is 1. The molecule has 0 unspecified atom stereocenters. The van der Waals surface area contributed by atoms with Crippen LogP contribution in [0, 0.1) is 0 Å². The average Bonchev–Trinajstić information content (AvgIpc) is 3.60. The van der Waals surface area contributed by atoms with Crippen molar-refractivity contribution in [2.45, 2.75) is 19.3 Å². The van der Waals surface area contributed by atoms with E-state index < -0.39 is 0 Å². The van der Waals surface area contributed by atoms with Gasteiger partial charge in [-0.05, 0) is 85.4 Å². The lowest BCUT2D eigenvalue weighted by Crippen LogP contribution is -2.16. The summed E-state index contributed by atoms with van der Waals surface area (Å²) >= 11 is 1.88. The van der Waals surface area contributed by atoms with Crippen LogP contribution >= 0.6 is 11.3 Å². The first kappa shape index (κ1) is 26.7. The van der Waals surface area contributed by atoms with Crippen LogP contribution in [0.3, 0.4) is 0 Å². The third kappa shape index (κ3) is 3.83. The summed E-state index contributed by atoms with van der Waals surface area (Å²) in [6, 6.07) is 56.5. The van der Waals surface area contributed by atoms with E-state index >= 15 is 0 Å². The van der Waals surface area contributed by atoms with Gasteiger partial charge in [-0.1, -0.05) is 129 Å². The van der Waals surface area contributed by atoms with Crippen molar-refractivity contribution in [3.05, 3.63) is 163 Å². The van der Waals surface area contributed by atoms with E-state index in [0.717, 1.165) is 5.69 Å². The molecule has 0 radical (unpaired) electrons. The molecule has 47 heavy (non-hydrogen) atoms. The molecule has 10 rings (SSSR count). The van der Waals surface area contributed by atoms with E-state index in [9.17, 15) is 0 Å². The minimum absolute atomic E-state index is 0.0797. The molecule has 1 aliphatic rings. The van der Waals surface area contributed by atoms with Gasteiger partial charge in [-0.25, -0.2) is 0 Å². The van der Waals surface area contributed by atoms with E-state index in [1.165, 1.54) is 86.1 Å². The van der Waals surface area contributed by atoms with Crippen LogP contribution in [0.15, 0.2) is 152 Å². The Morgan fingerprint density at radius 1 is 0.447 bits per heavy atom. The van der Waals surface area contributed by atoms with Crippen molar-refractivity contribution in [3.8, 4) is 11.1 Å². The topological polar surface area (TPSA) is 3.24 Å². The van der Waals surface area contributed by atoms with Gasteiger partial charge in [0, 0.05) is 42.5 Å². The highest BCUT2D eigenvalue weighted by molar-refractivity contribution is 7.25. The van der Waals surface area contributed by atoms with Crippen molar-refractivity contribution in [1.29, 1.82) is 0 Å². The van der Waals surface area contributed by atoms with Crippen LogP contribution in [-0.4, -0.2) is 0 Å². The predicted molar refractivity (Wildman–Crippen MR) is 204 cm³/mol. The molecule has 2 heteroatoms. The van der Waals surface area contributed by atoms with Crippen LogP contribution in [0.2, 0.25) is 0 Å². The van der Waals surface area contributed by atoms with Crippen LogP contribution in [0.1, 0.15) is 25.0 Å². The molecule has 1 heterocycles. The summed E-state index contributed by atoms with van der Waals surface area (Å²) in [5.41, 5.74) is 8.89. The first-order valence-electron chi connectivity index (χ1n) is 16.4. The summed E-state index contributed by atoms with van der Waals surface area (Å²) in [6.45, 7) is 4.73. The van der Waals surface area contributed by atoms with Crippen molar-refractivity contribution in [1.82, 2.24) is 0 Å². The third-order valence-electron chi connectivity index (χ3n) is 10.4. The van der Waals surface area contributed by atoms with Gasteiger partial charge in [0.1, 0.15) is 0 Å². The number of rotatable bonds is 3. The maximum absolute atomic E-state index is 2.50. The Labute approximate surface area is 278 Å². The number of anilines is 3. The Bertz CT molecular complexity index is 2730. The lowest BCUT2D eigenvalue weighted by Gasteiger charge is -2.29. The van der Waals surface area contributed by atoms with Crippen LogP contribution in [0.4, 0.5) is 17.1 Å². The second-order valence-electron chi connectivity index (χ2n) is 13.3. The van der Waals surface area contributed by atoms with Crippen molar-refractivity contribution in [3.63, 3.8) is 0 Å². The summed E-state index contributed by atoms with van der Waals surface area (Å²) in [6.07, 6.45) is 0. The molecule has 0 atom stereocenters. The van der Waals surface area contributed by atoms with Gasteiger partial charge in [0.15, 0.2) is 0 Å². The van der Waals surface area contributed by atoms with E-state index in [0.29, 0.717) is 0 Å². The number of benzene rings is 8. The van der Waals surface area contributed by atoms with Crippen molar-refractivity contribution >= 4 is 80.9 Å². The molecule has 0 bridgehead atoms. The van der Waals surface area contributed by atoms with Gasteiger partial charge in [0.25, 0.3) is 0 Å². The van der Waals surface area contributed by atoms with E-state index in [2.05, 4.69) is 170 Å². The standard InChI is InChI=1S/C45H31NS/c1-45(2)39-14-7-5-13-37(39)44-40(45)15-9-16-41(44)46(31-22-25-36-35-12-6-8-17-42(35)47-43(36)27-31)30-21-18-29-20-23-33-32-11-4-3-10-28(32)19-24-34(33)38(29)26-30/h3-27H,1-2H3. The largest absolute Gasteiger partial charge is 0.310 e. The molecular formula is C45H31NS. The summed E-state index contributed by atoms with van der Waals surface area (Å²) in [5.74, 6) is 0. The molecule has 8 aromatic carbocycles. The molecule has 0 fully saturated rings. The fourth-order valence-corrected chi connectivity index (χ4v) is 9.29. The molecule has 0 aliphatic heterocycles. The third-order valence-corrected chi connectivity index (χ3v) is 11.6. The quantitative estimate of drug-likeness (QED) is 0.178. The second kappa shape index (κ2) is 9.78. The molecule has 1 aromatic heterocycles. The predicted octanol–water partition coefficient (Wildman–Crippen LogP) is 13.3. The molecule has 1 aliphatic carbocycles. The molecule has 0 saturated heterocycles. The Balaban J connectivity index is 1.27. The van der Waals surface area contributed by atoms with Crippen LogP contribution in [0.5, 0.6) is 0 Å². The van der Waals surface area contributed by atoms with Crippen LogP contribution in [0.25, 0.3) is 63.6 Å². The van der Waals surface area contributed by atoms with Crippen molar-refractivity contribution in [2.24, 2.45) is 0 Å². The molecule has 222 valence electrons. The molecule has 9 aromatic rings. The highest BCUT2D eigenvalue weighted by Crippen LogP contribution is 2.54. The van der Waals surface area contributed by atoms with E-state index in [-0.39, 0.29) is 5.41 Å².